The second-order valence-corrected chi connectivity index (χ2v) is 9.29. The fourth-order valence-electron chi connectivity index (χ4n) is 3.90. The highest BCUT2D eigenvalue weighted by Crippen LogP contribution is 2.27. The number of aromatic nitrogens is 3. The third-order valence-corrected chi connectivity index (χ3v) is 6.94. The summed E-state index contributed by atoms with van der Waals surface area (Å²) in [6, 6.07) is 27.7. The van der Waals surface area contributed by atoms with Crippen molar-refractivity contribution in [3.8, 4) is 5.75 Å². The van der Waals surface area contributed by atoms with Gasteiger partial charge in [-0.3, -0.25) is 9.78 Å². The number of rotatable bonds is 9. The quantitative estimate of drug-likeness (QED) is 0.266. The van der Waals surface area contributed by atoms with Crippen molar-refractivity contribution in [2.24, 2.45) is 0 Å². The smallest absolute Gasteiger partial charge is 0.251 e. The van der Waals surface area contributed by atoms with E-state index in [-0.39, 0.29) is 5.91 Å². The van der Waals surface area contributed by atoms with Crippen LogP contribution in [-0.4, -0.2) is 27.6 Å². The molecule has 5 rings (SSSR count). The summed E-state index contributed by atoms with van der Waals surface area (Å²) in [5.41, 5.74) is 5.91. The van der Waals surface area contributed by atoms with Gasteiger partial charge in [-0.15, -0.1) is 0 Å². The average Bonchev–Trinajstić information content (AvgIpc) is 3.29. The van der Waals surface area contributed by atoms with E-state index in [2.05, 4.69) is 39.1 Å². The van der Waals surface area contributed by atoms with Crippen molar-refractivity contribution in [3.63, 3.8) is 0 Å². The zero-order valence-electron chi connectivity index (χ0n) is 19.9. The van der Waals surface area contributed by atoms with E-state index in [9.17, 15) is 4.79 Å². The fraction of sp³-hybridized carbons (Fsp3) is 0.138. The van der Waals surface area contributed by atoms with Crippen LogP contribution in [0.5, 0.6) is 5.75 Å². The van der Waals surface area contributed by atoms with Crippen LogP contribution < -0.4 is 10.1 Å². The number of nitrogens with zero attached hydrogens (tertiary/aromatic N) is 3. The standard InChI is InChI=1S/C29H26N4O2S/c1-35-25-13-9-21(10-14-25)17-31-28(34)24-11-7-22(8-12-24)19-33-27-18-30-16-15-26(27)32-29(33)36-20-23-5-3-2-4-6-23/h2-16,18H,17,19-20H2,1H3,(H,31,34). The van der Waals surface area contributed by atoms with Crippen molar-refractivity contribution in [2.45, 2.75) is 24.0 Å². The van der Waals surface area contributed by atoms with E-state index < -0.39 is 0 Å². The molecule has 0 atom stereocenters. The first-order chi connectivity index (χ1) is 17.7. The predicted octanol–water partition coefficient (Wildman–Crippen LogP) is 5.71. The van der Waals surface area contributed by atoms with Crippen molar-refractivity contribution in [2.75, 3.05) is 7.11 Å². The Morgan fingerprint density at radius 2 is 1.67 bits per heavy atom. The maximum absolute atomic E-state index is 12.7. The molecule has 0 aliphatic carbocycles. The summed E-state index contributed by atoms with van der Waals surface area (Å²) in [5, 5.41) is 3.92. The number of carbonyl (C=O) groups excluding carboxylic acids is 1. The zero-order chi connectivity index (χ0) is 24.7. The fourth-order valence-corrected chi connectivity index (χ4v) is 4.87. The molecule has 0 bridgehead atoms. The second kappa shape index (κ2) is 11.1. The molecule has 0 aliphatic heterocycles. The predicted molar refractivity (Wildman–Crippen MR) is 143 cm³/mol. The Balaban J connectivity index is 1.27. The van der Waals surface area contributed by atoms with Crippen LogP contribution in [0.25, 0.3) is 11.0 Å². The molecule has 36 heavy (non-hydrogen) atoms. The Morgan fingerprint density at radius 1 is 0.917 bits per heavy atom. The number of nitrogens with one attached hydrogen (secondary N) is 1. The van der Waals surface area contributed by atoms with Gasteiger partial charge in [0.1, 0.15) is 5.75 Å². The minimum Gasteiger partial charge on any atom is -0.497 e. The molecule has 5 aromatic rings. The molecule has 0 unspecified atom stereocenters. The molecule has 1 amide bonds. The Kier molecular flexibility index (Phi) is 7.28. The second-order valence-electron chi connectivity index (χ2n) is 8.35. The molecule has 2 heterocycles. The van der Waals surface area contributed by atoms with E-state index in [0.717, 1.165) is 38.8 Å². The van der Waals surface area contributed by atoms with Crippen LogP contribution in [0.4, 0.5) is 0 Å². The van der Waals surface area contributed by atoms with Crippen LogP contribution >= 0.6 is 11.8 Å². The number of amides is 1. The lowest BCUT2D eigenvalue weighted by molar-refractivity contribution is 0.0951. The van der Waals surface area contributed by atoms with Gasteiger partial charge in [0.15, 0.2) is 5.16 Å². The summed E-state index contributed by atoms with van der Waals surface area (Å²) in [7, 11) is 1.64. The Bertz CT molecular complexity index is 1450. The highest BCUT2D eigenvalue weighted by atomic mass is 32.2. The van der Waals surface area contributed by atoms with Gasteiger partial charge in [0, 0.05) is 24.1 Å². The van der Waals surface area contributed by atoms with Gasteiger partial charge < -0.3 is 14.6 Å². The van der Waals surface area contributed by atoms with Crippen molar-refractivity contribution in [1.82, 2.24) is 19.9 Å². The van der Waals surface area contributed by atoms with Gasteiger partial charge in [0.2, 0.25) is 0 Å². The number of hydrogen-bond acceptors (Lipinski definition) is 5. The number of ether oxygens (including phenoxy) is 1. The number of imidazole rings is 1. The number of fused-ring (bicyclic) bond motifs is 1. The van der Waals surface area contributed by atoms with E-state index in [1.807, 2.05) is 66.9 Å². The first-order valence-electron chi connectivity index (χ1n) is 11.7. The monoisotopic (exact) mass is 494 g/mol. The molecule has 6 nitrogen and oxygen atoms in total. The van der Waals surface area contributed by atoms with Gasteiger partial charge in [0.25, 0.3) is 5.91 Å². The van der Waals surface area contributed by atoms with Crippen LogP contribution in [0.1, 0.15) is 27.0 Å². The van der Waals surface area contributed by atoms with E-state index in [1.165, 1.54) is 5.56 Å². The highest BCUT2D eigenvalue weighted by molar-refractivity contribution is 7.98. The molecule has 1 N–H and O–H groups in total. The van der Waals surface area contributed by atoms with Crippen LogP contribution in [0.2, 0.25) is 0 Å². The summed E-state index contributed by atoms with van der Waals surface area (Å²) in [5.74, 6) is 1.53. The Labute approximate surface area is 214 Å². The Morgan fingerprint density at radius 3 is 2.42 bits per heavy atom. The van der Waals surface area contributed by atoms with Crippen molar-refractivity contribution in [1.29, 1.82) is 0 Å². The van der Waals surface area contributed by atoms with E-state index in [4.69, 9.17) is 9.72 Å². The van der Waals surface area contributed by atoms with Crippen LogP contribution in [0.3, 0.4) is 0 Å². The first kappa shape index (κ1) is 23.6. The molecule has 0 fully saturated rings. The van der Waals surface area contributed by atoms with Gasteiger partial charge in [-0.25, -0.2) is 4.98 Å². The summed E-state index contributed by atoms with van der Waals surface area (Å²) < 4.78 is 7.37. The molecule has 180 valence electrons. The number of hydrogen-bond donors (Lipinski definition) is 1. The number of benzene rings is 3. The summed E-state index contributed by atoms with van der Waals surface area (Å²) in [6.07, 6.45) is 3.63. The average molecular weight is 495 g/mol. The normalized spacial score (nSPS) is 10.9. The zero-order valence-corrected chi connectivity index (χ0v) is 20.7. The number of carbonyl (C=O) groups is 1. The van der Waals surface area contributed by atoms with Crippen LogP contribution in [0.15, 0.2) is 102 Å². The molecular formula is C29H26N4O2S. The largest absolute Gasteiger partial charge is 0.497 e. The van der Waals surface area contributed by atoms with Crippen molar-refractivity contribution < 1.29 is 9.53 Å². The third-order valence-electron chi connectivity index (χ3n) is 5.90. The molecule has 0 aliphatic rings. The van der Waals surface area contributed by atoms with Crippen LogP contribution in [-0.2, 0) is 18.8 Å². The lowest BCUT2D eigenvalue weighted by atomic mass is 10.1. The highest BCUT2D eigenvalue weighted by Gasteiger charge is 2.13. The molecule has 0 saturated carbocycles. The van der Waals surface area contributed by atoms with Gasteiger partial charge in [-0.2, -0.15) is 0 Å². The van der Waals surface area contributed by atoms with Gasteiger partial charge in [-0.05, 0) is 47.0 Å². The molecule has 7 heteroatoms. The summed E-state index contributed by atoms with van der Waals surface area (Å²) in [6.45, 7) is 1.10. The van der Waals surface area contributed by atoms with Crippen molar-refractivity contribution >= 4 is 28.7 Å². The molecule has 0 radical (unpaired) electrons. The summed E-state index contributed by atoms with van der Waals surface area (Å²) >= 11 is 1.71. The van der Waals surface area contributed by atoms with Gasteiger partial charge in [0.05, 0.1) is 30.9 Å². The van der Waals surface area contributed by atoms with E-state index in [1.54, 1.807) is 25.1 Å². The third kappa shape index (κ3) is 5.58. The van der Waals surface area contributed by atoms with Gasteiger partial charge >= 0.3 is 0 Å². The lowest BCUT2D eigenvalue weighted by Gasteiger charge is -2.10. The maximum Gasteiger partial charge on any atom is 0.251 e. The van der Waals surface area contributed by atoms with Crippen LogP contribution in [0, 0.1) is 0 Å². The van der Waals surface area contributed by atoms with E-state index in [0.29, 0.717) is 18.7 Å². The lowest BCUT2D eigenvalue weighted by Crippen LogP contribution is -2.22. The molecule has 2 aromatic heterocycles. The SMILES string of the molecule is COc1ccc(CNC(=O)c2ccc(Cn3c(SCc4ccccc4)nc4ccncc43)cc2)cc1. The minimum absolute atomic E-state index is 0.103. The van der Waals surface area contributed by atoms with Gasteiger partial charge in [-0.1, -0.05) is 66.4 Å². The van der Waals surface area contributed by atoms with Crippen molar-refractivity contribution in [3.05, 3.63) is 120 Å². The van der Waals surface area contributed by atoms with E-state index >= 15 is 0 Å². The molecule has 0 spiro atoms. The number of thioether (sulfide) groups is 1. The topological polar surface area (TPSA) is 69.0 Å². The summed E-state index contributed by atoms with van der Waals surface area (Å²) in [4.78, 5) is 21.8. The maximum atomic E-state index is 12.7. The number of pyridine rings is 1. The number of methoxy groups -OCH3 is 1. The Hall–Kier alpha value is -4.10. The molecule has 0 saturated heterocycles. The minimum atomic E-state index is -0.103. The first-order valence-corrected chi connectivity index (χ1v) is 12.7. The molecular weight excluding hydrogens is 468 g/mol. The molecule has 3 aromatic carbocycles.